The molecule has 0 aliphatic carbocycles. The molecule has 3 rings (SSSR count). The van der Waals surface area contributed by atoms with E-state index in [4.69, 9.17) is 11.6 Å². The minimum absolute atomic E-state index is 0.0451. The zero-order chi connectivity index (χ0) is 14.1. The Hall–Kier alpha value is -1.33. The normalized spacial score (nSPS) is 17.9. The summed E-state index contributed by atoms with van der Waals surface area (Å²) in [5, 5.41) is 10.7. The number of aromatic nitrogens is 3. The Kier molecular flexibility index (Phi) is 3.81. The van der Waals surface area contributed by atoms with Crippen LogP contribution in [0.25, 0.3) is 11.2 Å². The number of imidazole rings is 1. The van der Waals surface area contributed by atoms with Crippen molar-refractivity contribution in [3.63, 3.8) is 0 Å². The lowest BCUT2D eigenvalue weighted by Crippen LogP contribution is -2.35. The van der Waals surface area contributed by atoms with Gasteiger partial charge in [-0.25, -0.2) is 4.98 Å². The second-order valence-electron chi connectivity index (χ2n) is 5.35. The molecule has 1 fully saturated rings. The van der Waals surface area contributed by atoms with Crippen molar-refractivity contribution < 1.29 is 5.11 Å². The van der Waals surface area contributed by atoms with Gasteiger partial charge in [0.25, 0.3) is 6.01 Å². The first kappa shape index (κ1) is 13.6. The molecule has 2 aromatic heterocycles. The highest BCUT2D eigenvalue weighted by atomic mass is 35.5. The molecule has 1 aliphatic heterocycles. The van der Waals surface area contributed by atoms with Crippen LogP contribution in [0.2, 0.25) is 5.02 Å². The van der Waals surface area contributed by atoms with Crippen molar-refractivity contribution in [3.05, 3.63) is 17.3 Å². The van der Waals surface area contributed by atoms with E-state index >= 15 is 0 Å². The van der Waals surface area contributed by atoms with Crippen molar-refractivity contribution in [2.75, 3.05) is 19.6 Å². The Morgan fingerprint density at radius 2 is 2.15 bits per heavy atom. The molecule has 20 heavy (non-hydrogen) atoms. The van der Waals surface area contributed by atoms with Gasteiger partial charge in [-0.3, -0.25) is 4.57 Å². The predicted octanol–water partition coefficient (Wildman–Crippen LogP) is 2.84. The number of fused-ring (bicyclic) bond motifs is 1. The SMILES string of the molecule is CCCN1CCC(n2c(O)nc3ncc(Cl)cc32)CC1. The first-order chi connectivity index (χ1) is 9.69. The average Bonchev–Trinajstić information content (AvgIpc) is 2.76. The van der Waals surface area contributed by atoms with E-state index in [1.165, 1.54) is 6.42 Å². The molecule has 0 radical (unpaired) electrons. The van der Waals surface area contributed by atoms with Crippen LogP contribution in [0.4, 0.5) is 0 Å². The predicted molar refractivity (Wildman–Crippen MR) is 79.2 cm³/mol. The fourth-order valence-corrected chi connectivity index (χ4v) is 3.17. The first-order valence-electron chi connectivity index (χ1n) is 7.14. The van der Waals surface area contributed by atoms with E-state index < -0.39 is 0 Å². The molecule has 2 aromatic rings. The van der Waals surface area contributed by atoms with Gasteiger partial charge >= 0.3 is 0 Å². The van der Waals surface area contributed by atoms with Crippen LogP contribution in [0, 0.1) is 0 Å². The molecule has 0 unspecified atom stereocenters. The van der Waals surface area contributed by atoms with Crippen LogP contribution in [0.5, 0.6) is 6.01 Å². The van der Waals surface area contributed by atoms with Gasteiger partial charge in [0.2, 0.25) is 0 Å². The summed E-state index contributed by atoms with van der Waals surface area (Å²) in [4.78, 5) is 10.8. The summed E-state index contributed by atoms with van der Waals surface area (Å²) < 4.78 is 1.89. The third kappa shape index (κ3) is 2.47. The minimum Gasteiger partial charge on any atom is -0.480 e. The van der Waals surface area contributed by atoms with E-state index in [0.29, 0.717) is 10.7 Å². The molecule has 108 valence electrons. The molecule has 3 heterocycles. The maximum atomic E-state index is 10.1. The molecular formula is C14H19ClN4O. The first-order valence-corrected chi connectivity index (χ1v) is 7.51. The van der Waals surface area contributed by atoms with Crippen LogP contribution in [0.3, 0.4) is 0 Å². The van der Waals surface area contributed by atoms with E-state index in [9.17, 15) is 5.11 Å². The highest BCUT2D eigenvalue weighted by molar-refractivity contribution is 6.31. The lowest BCUT2D eigenvalue weighted by Gasteiger charge is -2.32. The van der Waals surface area contributed by atoms with E-state index in [-0.39, 0.29) is 12.1 Å². The average molecular weight is 295 g/mol. The van der Waals surface area contributed by atoms with Crippen LogP contribution < -0.4 is 0 Å². The molecule has 5 nitrogen and oxygen atoms in total. The van der Waals surface area contributed by atoms with E-state index in [1.54, 1.807) is 6.20 Å². The van der Waals surface area contributed by atoms with Gasteiger partial charge in [0, 0.05) is 25.3 Å². The van der Waals surface area contributed by atoms with Gasteiger partial charge in [0.15, 0.2) is 5.65 Å². The Balaban J connectivity index is 1.87. The highest BCUT2D eigenvalue weighted by Gasteiger charge is 2.24. The number of hydrogen-bond acceptors (Lipinski definition) is 4. The molecule has 1 N–H and O–H groups in total. The van der Waals surface area contributed by atoms with Gasteiger partial charge in [0.1, 0.15) is 0 Å². The van der Waals surface area contributed by atoms with Crippen molar-refractivity contribution in [3.8, 4) is 6.01 Å². The van der Waals surface area contributed by atoms with E-state index in [1.807, 2.05) is 10.6 Å². The topological polar surface area (TPSA) is 54.2 Å². The van der Waals surface area contributed by atoms with Gasteiger partial charge in [-0.1, -0.05) is 18.5 Å². The third-order valence-electron chi connectivity index (χ3n) is 3.96. The van der Waals surface area contributed by atoms with Crippen LogP contribution in [0.15, 0.2) is 12.3 Å². The van der Waals surface area contributed by atoms with Crippen molar-refractivity contribution in [1.29, 1.82) is 0 Å². The molecule has 0 saturated carbocycles. The van der Waals surface area contributed by atoms with Gasteiger partial charge in [-0.05, 0) is 31.9 Å². The van der Waals surface area contributed by atoms with Gasteiger partial charge in [-0.2, -0.15) is 4.98 Å². The van der Waals surface area contributed by atoms with E-state index in [0.717, 1.165) is 38.0 Å². The van der Waals surface area contributed by atoms with Crippen LogP contribution in [-0.4, -0.2) is 44.2 Å². The molecule has 6 heteroatoms. The standard InChI is InChI=1S/C14H19ClN4O/c1-2-5-18-6-3-11(4-7-18)19-12-8-10(15)9-16-13(12)17-14(19)20/h8-9,11H,2-7H2,1H3,(H,16,17,20). The maximum absolute atomic E-state index is 10.1. The molecule has 0 amide bonds. The molecule has 0 spiro atoms. The van der Waals surface area contributed by atoms with Crippen molar-refractivity contribution in [2.45, 2.75) is 32.2 Å². The third-order valence-corrected chi connectivity index (χ3v) is 4.16. The number of nitrogens with zero attached hydrogens (tertiary/aromatic N) is 4. The molecular weight excluding hydrogens is 276 g/mol. The summed E-state index contributed by atoms with van der Waals surface area (Å²) in [7, 11) is 0. The van der Waals surface area contributed by atoms with Crippen LogP contribution >= 0.6 is 11.6 Å². The van der Waals surface area contributed by atoms with Crippen molar-refractivity contribution in [2.24, 2.45) is 0 Å². The summed E-state index contributed by atoms with van der Waals surface area (Å²) in [5.74, 6) is 0. The second-order valence-corrected chi connectivity index (χ2v) is 5.79. The number of hydrogen-bond donors (Lipinski definition) is 1. The largest absolute Gasteiger partial charge is 0.480 e. The monoisotopic (exact) mass is 294 g/mol. The van der Waals surface area contributed by atoms with Gasteiger partial charge < -0.3 is 10.0 Å². The lowest BCUT2D eigenvalue weighted by atomic mass is 10.0. The van der Waals surface area contributed by atoms with Crippen molar-refractivity contribution in [1.82, 2.24) is 19.4 Å². The molecule has 1 saturated heterocycles. The molecule has 0 atom stereocenters. The smallest absolute Gasteiger partial charge is 0.296 e. The summed E-state index contributed by atoms with van der Waals surface area (Å²) in [6.45, 7) is 5.48. The van der Waals surface area contributed by atoms with E-state index in [2.05, 4.69) is 21.8 Å². The number of rotatable bonds is 3. The number of piperidine rings is 1. The summed E-state index contributed by atoms with van der Waals surface area (Å²) in [6.07, 6.45) is 4.78. The molecule has 0 bridgehead atoms. The van der Waals surface area contributed by atoms with Crippen LogP contribution in [-0.2, 0) is 0 Å². The zero-order valence-electron chi connectivity index (χ0n) is 11.6. The second kappa shape index (κ2) is 5.58. The maximum Gasteiger partial charge on any atom is 0.296 e. The summed E-state index contributed by atoms with van der Waals surface area (Å²) in [5.41, 5.74) is 1.38. The van der Waals surface area contributed by atoms with Crippen LogP contribution in [0.1, 0.15) is 32.2 Å². The Labute approximate surface area is 123 Å². The van der Waals surface area contributed by atoms with Gasteiger partial charge in [-0.15, -0.1) is 0 Å². The quantitative estimate of drug-likeness (QED) is 0.946. The Morgan fingerprint density at radius 3 is 2.85 bits per heavy atom. The van der Waals surface area contributed by atoms with Crippen molar-refractivity contribution >= 4 is 22.8 Å². The fourth-order valence-electron chi connectivity index (χ4n) is 3.02. The number of likely N-dealkylation sites (tertiary alicyclic amines) is 1. The fraction of sp³-hybridized carbons (Fsp3) is 0.571. The number of aromatic hydroxyl groups is 1. The number of halogens is 1. The summed E-state index contributed by atoms with van der Waals surface area (Å²) >= 11 is 6.01. The van der Waals surface area contributed by atoms with Gasteiger partial charge in [0.05, 0.1) is 10.5 Å². The lowest BCUT2D eigenvalue weighted by molar-refractivity contribution is 0.182. The Morgan fingerprint density at radius 1 is 1.40 bits per heavy atom. The molecule has 1 aliphatic rings. The summed E-state index contributed by atoms with van der Waals surface area (Å²) in [6, 6.07) is 2.15. The zero-order valence-corrected chi connectivity index (χ0v) is 12.3. The molecule has 0 aromatic carbocycles. The minimum atomic E-state index is 0.0451. The number of pyridine rings is 1. The Bertz CT molecular complexity index is 604. The highest BCUT2D eigenvalue weighted by Crippen LogP contribution is 2.31.